The van der Waals surface area contributed by atoms with E-state index < -0.39 is 5.91 Å². The fraction of sp³-hybridized carbons (Fsp3) is 0.375. The quantitative estimate of drug-likeness (QED) is 0.518. The van der Waals surface area contributed by atoms with Gasteiger partial charge in [-0.1, -0.05) is 0 Å². The molecular weight excluding hydrogens is 198 g/mol. The van der Waals surface area contributed by atoms with E-state index in [9.17, 15) is 4.79 Å². The van der Waals surface area contributed by atoms with Gasteiger partial charge < -0.3 is 21.5 Å². The van der Waals surface area contributed by atoms with Crippen LogP contribution in [0, 0.1) is 0 Å². The van der Waals surface area contributed by atoms with Crippen LogP contribution in [0.4, 0.5) is 11.6 Å². The standard InChI is InChI=1S/C8H13N5O2/c9-6-3-12-8(13-4-6)11-1-2-15-5-7(10)14/h3-4H,1-2,5,9H2,(H2,10,14)(H,11,12,13). The van der Waals surface area contributed by atoms with E-state index >= 15 is 0 Å². The molecule has 0 atom stereocenters. The third kappa shape index (κ3) is 4.77. The summed E-state index contributed by atoms with van der Waals surface area (Å²) in [5, 5.41) is 2.89. The summed E-state index contributed by atoms with van der Waals surface area (Å²) < 4.78 is 4.92. The number of primary amides is 1. The summed E-state index contributed by atoms with van der Waals surface area (Å²) in [5.74, 6) is -0.0226. The number of aromatic nitrogens is 2. The lowest BCUT2D eigenvalue weighted by Crippen LogP contribution is -2.20. The van der Waals surface area contributed by atoms with Gasteiger partial charge in [-0.2, -0.15) is 0 Å². The number of rotatable bonds is 6. The molecule has 1 rings (SSSR count). The molecule has 0 aliphatic rings. The van der Waals surface area contributed by atoms with Crippen molar-refractivity contribution in [3.8, 4) is 0 Å². The zero-order chi connectivity index (χ0) is 11.1. The van der Waals surface area contributed by atoms with Crippen LogP contribution in [0.3, 0.4) is 0 Å². The predicted molar refractivity (Wildman–Crippen MR) is 54.9 cm³/mol. The molecule has 1 heterocycles. The van der Waals surface area contributed by atoms with Crippen LogP contribution in [0.1, 0.15) is 0 Å². The normalized spacial score (nSPS) is 9.87. The summed E-state index contributed by atoms with van der Waals surface area (Å²) in [4.78, 5) is 18.1. The maximum atomic E-state index is 10.3. The van der Waals surface area contributed by atoms with Gasteiger partial charge in [0.15, 0.2) is 0 Å². The van der Waals surface area contributed by atoms with Crippen LogP contribution in [0.25, 0.3) is 0 Å². The number of nitrogens with one attached hydrogen (secondary N) is 1. The Morgan fingerprint density at radius 1 is 1.47 bits per heavy atom. The van der Waals surface area contributed by atoms with Crippen molar-refractivity contribution in [2.75, 3.05) is 30.8 Å². The Hall–Kier alpha value is -1.89. The van der Waals surface area contributed by atoms with E-state index in [4.69, 9.17) is 16.2 Å². The van der Waals surface area contributed by atoms with E-state index in [1.807, 2.05) is 0 Å². The molecule has 0 spiro atoms. The second-order valence-corrected chi connectivity index (χ2v) is 2.79. The minimum Gasteiger partial charge on any atom is -0.396 e. The fourth-order valence-corrected chi connectivity index (χ4v) is 0.837. The zero-order valence-corrected chi connectivity index (χ0v) is 8.14. The van der Waals surface area contributed by atoms with Crippen LogP contribution in [-0.4, -0.2) is 35.6 Å². The Labute approximate surface area is 86.8 Å². The molecule has 0 aromatic carbocycles. The first kappa shape index (κ1) is 11.2. The van der Waals surface area contributed by atoms with Gasteiger partial charge in [0.25, 0.3) is 0 Å². The van der Waals surface area contributed by atoms with Crippen molar-refractivity contribution >= 4 is 17.5 Å². The van der Waals surface area contributed by atoms with E-state index in [0.717, 1.165) is 0 Å². The van der Waals surface area contributed by atoms with Crippen molar-refractivity contribution in [3.05, 3.63) is 12.4 Å². The summed E-state index contributed by atoms with van der Waals surface area (Å²) in [7, 11) is 0. The highest BCUT2D eigenvalue weighted by Crippen LogP contribution is 1.99. The summed E-state index contributed by atoms with van der Waals surface area (Å²) in [6.07, 6.45) is 3.00. The van der Waals surface area contributed by atoms with Crippen LogP contribution < -0.4 is 16.8 Å². The average Bonchev–Trinajstić information content (AvgIpc) is 2.20. The SMILES string of the molecule is NC(=O)COCCNc1ncc(N)cn1. The van der Waals surface area contributed by atoms with Crippen molar-refractivity contribution in [3.63, 3.8) is 0 Å². The van der Waals surface area contributed by atoms with E-state index in [1.54, 1.807) is 0 Å². The van der Waals surface area contributed by atoms with Crippen LogP contribution in [0.15, 0.2) is 12.4 Å². The first-order chi connectivity index (χ1) is 7.18. The van der Waals surface area contributed by atoms with E-state index in [0.29, 0.717) is 24.8 Å². The number of hydrogen-bond acceptors (Lipinski definition) is 6. The summed E-state index contributed by atoms with van der Waals surface area (Å²) in [6.45, 7) is 0.776. The molecular formula is C8H13N5O2. The number of carbonyl (C=O) groups excluding carboxylic acids is 1. The predicted octanol–water partition coefficient (Wildman–Crippen LogP) is -1.03. The van der Waals surface area contributed by atoms with Crippen molar-refractivity contribution in [2.45, 2.75) is 0 Å². The number of nitrogens with zero attached hydrogens (tertiary/aromatic N) is 2. The van der Waals surface area contributed by atoms with Crippen molar-refractivity contribution < 1.29 is 9.53 Å². The first-order valence-corrected chi connectivity index (χ1v) is 4.36. The highest BCUT2D eigenvalue weighted by Gasteiger charge is 1.96. The largest absolute Gasteiger partial charge is 0.396 e. The molecule has 0 aliphatic heterocycles. The smallest absolute Gasteiger partial charge is 0.243 e. The van der Waals surface area contributed by atoms with Gasteiger partial charge in [0.05, 0.1) is 24.7 Å². The number of anilines is 2. The Bertz CT molecular complexity index is 313. The maximum Gasteiger partial charge on any atom is 0.243 e. The molecule has 0 radical (unpaired) electrons. The lowest BCUT2D eigenvalue weighted by molar-refractivity contribution is -0.122. The van der Waals surface area contributed by atoms with E-state index in [1.165, 1.54) is 12.4 Å². The van der Waals surface area contributed by atoms with E-state index in [2.05, 4.69) is 15.3 Å². The molecule has 0 aliphatic carbocycles. The number of nitrogens with two attached hydrogens (primary N) is 2. The molecule has 5 N–H and O–H groups in total. The Morgan fingerprint density at radius 2 is 2.13 bits per heavy atom. The second-order valence-electron chi connectivity index (χ2n) is 2.79. The summed E-state index contributed by atoms with van der Waals surface area (Å²) >= 11 is 0. The lowest BCUT2D eigenvalue weighted by Gasteiger charge is -2.04. The minimum atomic E-state index is -0.487. The molecule has 1 aromatic heterocycles. The number of hydrogen-bond donors (Lipinski definition) is 3. The first-order valence-electron chi connectivity index (χ1n) is 4.36. The number of carbonyl (C=O) groups is 1. The summed E-state index contributed by atoms with van der Waals surface area (Å²) in [5.41, 5.74) is 10.8. The molecule has 7 heteroatoms. The molecule has 7 nitrogen and oxygen atoms in total. The van der Waals surface area contributed by atoms with Gasteiger partial charge >= 0.3 is 0 Å². The molecule has 0 saturated heterocycles. The molecule has 15 heavy (non-hydrogen) atoms. The van der Waals surface area contributed by atoms with Crippen LogP contribution in [0.2, 0.25) is 0 Å². The number of ether oxygens (including phenoxy) is 1. The molecule has 1 aromatic rings. The maximum absolute atomic E-state index is 10.3. The number of nitrogen functional groups attached to an aromatic ring is 1. The van der Waals surface area contributed by atoms with Gasteiger partial charge in [-0.15, -0.1) is 0 Å². The van der Waals surface area contributed by atoms with Gasteiger partial charge in [-0.25, -0.2) is 9.97 Å². The third-order valence-corrected chi connectivity index (χ3v) is 1.45. The van der Waals surface area contributed by atoms with Crippen LogP contribution in [0.5, 0.6) is 0 Å². The highest BCUT2D eigenvalue weighted by atomic mass is 16.5. The molecule has 0 bridgehead atoms. The molecule has 82 valence electrons. The van der Waals surface area contributed by atoms with Crippen molar-refractivity contribution in [1.29, 1.82) is 0 Å². The molecule has 1 amide bonds. The Kier molecular flexibility index (Phi) is 4.30. The van der Waals surface area contributed by atoms with Crippen molar-refractivity contribution in [1.82, 2.24) is 9.97 Å². The molecule has 0 unspecified atom stereocenters. The Morgan fingerprint density at radius 3 is 2.73 bits per heavy atom. The minimum absolute atomic E-state index is 0.0791. The monoisotopic (exact) mass is 211 g/mol. The van der Waals surface area contributed by atoms with Gasteiger partial charge in [0.1, 0.15) is 6.61 Å². The lowest BCUT2D eigenvalue weighted by atomic mass is 10.5. The second kappa shape index (κ2) is 5.76. The zero-order valence-electron chi connectivity index (χ0n) is 8.14. The summed E-state index contributed by atoms with van der Waals surface area (Å²) in [6, 6.07) is 0. The van der Waals surface area contributed by atoms with Gasteiger partial charge in [-0.3, -0.25) is 4.79 Å². The van der Waals surface area contributed by atoms with Gasteiger partial charge in [0.2, 0.25) is 11.9 Å². The topological polar surface area (TPSA) is 116 Å². The van der Waals surface area contributed by atoms with Crippen molar-refractivity contribution in [2.24, 2.45) is 5.73 Å². The average molecular weight is 211 g/mol. The molecule has 0 fully saturated rings. The highest BCUT2D eigenvalue weighted by molar-refractivity contribution is 5.74. The van der Waals surface area contributed by atoms with Crippen LogP contribution in [-0.2, 0) is 9.53 Å². The number of amides is 1. The van der Waals surface area contributed by atoms with Gasteiger partial charge in [-0.05, 0) is 0 Å². The third-order valence-electron chi connectivity index (χ3n) is 1.45. The van der Waals surface area contributed by atoms with E-state index in [-0.39, 0.29) is 6.61 Å². The van der Waals surface area contributed by atoms with Gasteiger partial charge in [0, 0.05) is 6.54 Å². The molecule has 0 saturated carbocycles. The fourth-order valence-electron chi connectivity index (χ4n) is 0.837. The Balaban J connectivity index is 2.15. The van der Waals surface area contributed by atoms with Crippen LogP contribution >= 0.6 is 0 Å².